The average Bonchev–Trinajstić information content (AvgIpc) is 2.37. The lowest BCUT2D eigenvalue weighted by molar-refractivity contribution is -0.139. The van der Waals surface area contributed by atoms with Crippen LogP contribution in [0.2, 0.25) is 0 Å². The summed E-state index contributed by atoms with van der Waals surface area (Å²) < 4.78 is 0. The summed E-state index contributed by atoms with van der Waals surface area (Å²) in [5.74, 6) is -1.90. The minimum atomic E-state index is -0.963. The third kappa shape index (κ3) is 8.76. The SMILES string of the molecule is C[C@H](N)C(=O)O.N[C@@H](CCc1ccccc1)C(=O)O. The summed E-state index contributed by atoms with van der Waals surface area (Å²) >= 11 is 0. The van der Waals surface area contributed by atoms with Crippen molar-refractivity contribution in [3.8, 4) is 0 Å². The van der Waals surface area contributed by atoms with Crippen molar-refractivity contribution in [1.82, 2.24) is 0 Å². The molecule has 0 spiro atoms. The van der Waals surface area contributed by atoms with Gasteiger partial charge in [0.05, 0.1) is 0 Å². The summed E-state index contributed by atoms with van der Waals surface area (Å²) in [4.78, 5) is 20.0. The molecule has 2 atom stereocenters. The Bertz CT molecular complexity index is 393. The van der Waals surface area contributed by atoms with Crippen LogP contribution in [0, 0.1) is 0 Å². The molecule has 0 saturated carbocycles. The van der Waals surface area contributed by atoms with Gasteiger partial charge in [0.15, 0.2) is 0 Å². The van der Waals surface area contributed by atoms with Crippen molar-refractivity contribution in [2.75, 3.05) is 0 Å². The van der Waals surface area contributed by atoms with Gasteiger partial charge in [0.25, 0.3) is 0 Å². The number of benzene rings is 1. The Kier molecular flexibility index (Phi) is 8.15. The van der Waals surface area contributed by atoms with E-state index in [4.69, 9.17) is 21.7 Å². The molecule has 0 aliphatic heterocycles. The molecule has 1 aromatic rings. The molecule has 106 valence electrons. The van der Waals surface area contributed by atoms with Gasteiger partial charge in [-0.1, -0.05) is 30.3 Å². The van der Waals surface area contributed by atoms with Crippen molar-refractivity contribution < 1.29 is 19.8 Å². The standard InChI is InChI=1S/C10H13NO2.C3H7NO2/c11-9(10(12)13)7-6-8-4-2-1-3-5-8;1-2(4)3(5)6/h1-5,9H,6-7,11H2,(H,12,13);2H,4H2,1H3,(H,5,6)/t9-;2-/m00/s1. The van der Waals surface area contributed by atoms with Crippen molar-refractivity contribution in [2.45, 2.75) is 31.8 Å². The molecule has 0 aliphatic rings. The van der Waals surface area contributed by atoms with Crippen LogP contribution in [0.5, 0.6) is 0 Å². The summed E-state index contributed by atoms with van der Waals surface area (Å²) in [6.07, 6.45) is 1.20. The maximum atomic E-state index is 10.4. The molecule has 6 heteroatoms. The van der Waals surface area contributed by atoms with Gasteiger partial charge in [-0.15, -0.1) is 0 Å². The smallest absolute Gasteiger partial charge is 0.320 e. The first-order valence-corrected chi connectivity index (χ1v) is 5.85. The highest BCUT2D eigenvalue weighted by Crippen LogP contribution is 2.03. The lowest BCUT2D eigenvalue weighted by atomic mass is 10.1. The fourth-order valence-corrected chi connectivity index (χ4v) is 1.09. The normalized spacial score (nSPS) is 12.8. The van der Waals surface area contributed by atoms with Crippen LogP contribution in [0.15, 0.2) is 30.3 Å². The van der Waals surface area contributed by atoms with E-state index >= 15 is 0 Å². The molecule has 6 nitrogen and oxygen atoms in total. The van der Waals surface area contributed by atoms with Crippen molar-refractivity contribution in [3.63, 3.8) is 0 Å². The molecule has 1 aromatic carbocycles. The lowest BCUT2D eigenvalue weighted by Crippen LogP contribution is -2.30. The zero-order chi connectivity index (χ0) is 14.8. The van der Waals surface area contributed by atoms with Crippen molar-refractivity contribution >= 4 is 11.9 Å². The molecule has 0 heterocycles. The Labute approximate surface area is 112 Å². The van der Waals surface area contributed by atoms with E-state index in [1.807, 2.05) is 30.3 Å². The summed E-state index contributed by atoms with van der Waals surface area (Å²) in [5, 5.41) is 16.4. The van der Waals surface area contributed by atoms with Crippen molar-refractivity contribution in [3.05, 3.63) is 35.9 Å². The number of rotatable bonds is 5. The van der Waals surface area contributed by atoms with Gasteiger partial charge in [0.1, 0.15) is 12.1 Å². The average molecular weight is 268 g/mol. The Morgan fingerprint density at radius 1 is 1.11 bits per heavy atom. The molecule has 19 heavy (non-hydrogen) atoms. The van der Waals surface area contributed by atoms with Gasteiger partial charge in [0, 0.05) is 0 Å². The van der Waals surface area contributed by atoms with Gasteiger partial charge in [-0.05, 0) is 25.3 Å². The molecule has 0 unspecified atom stereocenters. The molecule has 0 bridgehead atoms. The Morgan fingerprint density at radius 2 is 1.58 bits per heavy atom. The number of hydrogen-bond donors (Lipinski definition) is 4. The van der Waals surface area contributed by atoms with Gasteiger partial charge in [-0.2, -0.15) is 0 Å². The van der Waals surface area contributed by atoms with E-state index in [9.17, 15) is 9.59 Å². The van der Waals surface area contributed by atoms with Crippen molar-refractivity contribution in [2.24, 2.45) is 11.5 Å². The van der Waals surface area contributed by atoms with Crippen LogP contribution < -0.4 is 11.5 Å². The van der Waals surface area contributed by atoms with Gasteiger partial charge < -0.3 is 21.7 Å². The van der Waals surface area contributed by atoms with E-state index in [2.05, 4.69) is 0 Å². The molecule has 6 N–H and O–H groups in total. The van der Waals surface area contributed by atoms with Crippen LogP contribution in [-0.4, -0.2) is 34.2 Å². The maximum Gasteiger partial charge on any atom is 0.320 e. The van der Waals surface area contributed by atoms with Gasteiger partial charge in [-0.25, -0.2) is 0 Å². The second-order valence-electron chi connectivity index (χ2n) is 4.10. The Balaban J connectivity index is 0.000000459. The maximum absolute atomic E-state index is 10.4. The Hall–Kier alpha value is -1.92. The van der Waals surface area contributed by atoms with Crippen LogP contribution in [0.3, 0.4) is 0 Å². The number of nitrogens with two attached hydrogens (primary N) is 2. The number of aryl methyl sites for hydroxylation is 1. The predicted octanol–water partition coefficient (Wildman–Crippen LogP) is 0.449. The molecule has 0 aliphatic carbocycles. The van der Waals surface area contributed by atoms with Crippen molar-refractivity contribution in [1.29, 1.82) is 0 Å². The number of carboxylic acids is 2. The zero-order valence-corrected chi connectivity index (χ0v) is 10.8. The molecular formula is C13H20N2O4. The molecule has 0 aromatic heterocycles. The minimum absolute atomic E-state index is 0.485. The summed E-state index contributed by atoms with van der Waals surface area (Å²) in [7, 11) is 0. The fourth-order valence-electron chi connectivity index (χ4n) is 1.09. The predicted molar refractivity (Wildman–Crippen MR) is 71.7 cm³/mol. The first kappa shape index (κ1) is 17.1. The van der Waals surface area contributed by atoms with Crippen LogP contribution >= 0.6 is 0 Å². The second kappa shape index (κ2) is 9.07. The number of carbonyl (C=O) groups is 2. The topological polar surface area (TPSA) is 127 Å². The quantitative estimate of drug-likeness (QED) is 0.614. The van der Waals surface area contributed by atoms with Crippen LogP contribution in [0.1, 0.15) is 18.9 Å². The molecule has 1 rings (SSSR count). The minimum Gasteiger partial charge on any atom is -0.480 e. The van der Waals surface area contributed by atoms with E-state index in [1.165, 1.54) is 6.92 Å². The largest absolute Gasteiger partial charge is 0.480 e. The van der Waals surface area contributed by atoms with Gasteiger partial charge >= 0.3 is 11.9 Å². The fraction of sp³-hybridized carbons (Fsp3) is 0.385. The number of carboxylic acid groups (broad SMARTS) is 2. The highest BCUT2D eigenvalue weighted by Gasteiger charge is 2.10. The van der Waals surface area contributed by atoms with E-state index in [-0.39, 0.29) is 0 Å². The highest BCUT2D eigenvalue weighted by atomic mass is 16.4. The summed E-state index contributed by atoms with van der Waals surface area (Å²) in [5.41, 5.74) is 11.3. The molecule has 0 fully saturated rings. The van der Waals surface area contributed by atoms with Gasteiger partial charge in [0.2, 0.25) is 0 Å². The summed E-state index contributed by atoms with van der Waals surface area (Å²) in [6.45, 7) is 1.42. The summed E-state index contributed by atoms with van der Waals surface area (Å²) in [6, 6.07) is 8.25. The van der Waals surface area contributed by atoms with E-state index < -0.39 is 24.0 Å². The third-order valence-electron chi connectivity index (χ3n) is 2.29. The molecule has 0 radical (unpaired) electrons. The number of aliphatic carboxylic acids is 2. The van der Waals surface area contributed by atoms with Crippen LogP contribution in [0.25, 0.3) is 0 Å². The van der Waals surface area contributed by atoms with Gasteiger partial charge in [-0.3, -0.25) is 9.59 Å². The van der Waals surface area contributed by atoms with E-state index in [1.54, 1.807) is 0 Å². The third-order valence-corrected chi connectivity index (χ3v) is 2.29. The first-order valence-electron chi connectivity index (χ1n) is 5.85. The van der Waals surface area contributed by atoms with E-state index in [0.29, 0.717) is 12.8 Å². The zero-order valence-electron chi connectivity index (χ0n) is 10.8. The molecule has 0 amide bonds. The number of hydrogen-bond acceptors (Lipinski definition) is 4. The van der Waals surface area contributed by atoms with E-state index in [0.717, 1.165) is 5.56 Å². The highest BCUT2D eigenvalue weighted by molar-refractivity contribution is 5.73. The lowest BCUT2D eigenvalue weighted by Gasteiger charge is -2.05. The first-order chi connectivity index (χ1) is 8.84. The second-order valence-corrected chi connectivity index (χ2v) is 4.10. The van der Waals surface area contributed by atoms with Crippen LogP contribution in [0.4, 0.5) is 0 Å². The van der Waals surface area contributed by atoms with Crippen LogP contribution in [-0.2, 0) is 16.0 Å². The molecule has 0 saturated heterocycles. The monoisotopic (exact) mass is 268 g/mol. The molecular weight excluding hydrogens is 248 g/mol. The Morgan fingerprint density at radius 3 is 1.95 bits per heavy atom.